The molecule has 14 heavy (non-hydrogen) atoms. The topological polar surface area (TPSA) is 30.5 Å². The van der Waals surface area contributed by atoms with E-state index in [-0.39, 0.29) is 6.10 Å². The highest BCUT2D eigenvalue weighted by Crippen LogP contribution is 2.00. The molecule has 1 saturated heterocycles. The summed E-state index contributed by atoms with van der Waals surface area (Å²) in [6.07, 6.45) is 5.55. The molecule has 3 nitrogen and oxygen atoms in total. The monoisotopic (exact) mass is 201 g/mol. The van der Waals surface area contributed by atoms with Gasteiger partial charge in [0.25, 0.3) is 0 Å². The van der Waals surface area contributed by atoms with Crippen molar-refractivity contribution in [3.8, 4) is 0 Å². The molecule has 0 aromatic carbocycles. The fourth-order valence-corrected chi connectivity index (χ4v) is 1.59. The summed E-state index contributed by atoms with van der Waals surface area (Å²) in [6, 6.07) is 0. The SMILES string of the molecule is CCCCCCNCC1COCCO1. The average Bonchev–Trinajstić information content (AvgIpc) is 2.25. The molecular weight excluding hydrogens is 178 g/mol. The average molecular weight is 201 g/mol. The van der Waals surface area contributed by atoms with Gasteiger partial charge in [-0.15, -0.1) is 0 Å². The van der Waals surface area contributed by atoms with Crippen LogP contribution < -0.4 is 5.32 Å². The molecule has 3 heteroatoms. The summed E-state index contributed by atoms with van der Waals surface area (Å²) in [4.78, 5) is 0. The van der Waals surface area contributed by atoms with Gasteiger partial charge in [0.05, 0.1) is 25.9 Å². The molecule has 1 rings (SSSR count). The first-order chi connectivity index (χ1) is 6.93. The molecule has 0 bridgehead atoms. The van der Waals surface area contributed by atoms with Crippen molar-refractivity contribution in [1.82, 2.24) is 5.32 Å². The third-order valence-corrected chi connectivity index (χ3v) is 2.46. The highest BCUT2D eigenvalue weighted by atomic mass is 16.6. The quantitative estimate of drug-likeness (QED) is 0.634. The molecule has 0 aromatic rings. The summed E-state index contributed by atoms with van der Waals surface area (Å²) in [7, 11) is 0. The van der Waals surface area contributed by atoms with E-state index in [1.165, 1.54) is 25.7 Å². The molecule has 84 valence electrons. The van der Waals surface area contributed by atoms with Gasteiger partial charge < -0.3 is 14.8 Å². The molecule has 0 radical (unpaired) electrons. The predicted molar refractivity (Wildman–Crippen MR) is 57.6 cm³/mol. The third-order valence-electron chi connectivity index (χ3n) is 2.46. The van der Waals surface area contributed by atoms with Crippen LogP contribution in [0.2, 0.25) is 0 Å². The zero-order chi connectivity index (χ0) is 10.1. The van der Waals surface area contributed by atoms with E-state index in [1.807, 2.05) is 0 Å². The van der Waals surface area contributed by atoms with Crippen molar-refractivity contribution >= 4 is 0 Å². The molecule has 1 unspecified atom stereocenters. The van der Waals surface area contributed by atoms with Gasteiger partial charge in [0.2, 0.25) is 0 Å². The summed E-state index contributed by atoms with van der Waals surface area (Å²) in [6.45, 7) is 6.55. The molecule has 0 aliphatic carbocycles. The Morgan fingerprint density at radius 3 is 2.86 bits per heavy atom. The Bertz CT molecular complexity index is 124. The van der Waals surface area contributed by atoms with Crippen molar-refractivity contribution in [3.05, 3.63) is 0 Å². The minimum absolute atomic E-state index is 0.273. The van der Waals surface area contributed by atoms with E-state index in [0.29, 0.717) is 0 Å². The Morgan fingerprint density at radius 2 is 2.14 bits per heavy atom. The van der Waals surface area contributed by atoms with Gasteiger partial charge in [0.15, 0.2) is 0 Å². The minimum atomic E-state index is 0.273. The standard InChI is InChI=1S/C11H23NO2/c1-2-3-4-5-6-12-9-11-10-13-7-8-14-11/h11-12H,2-10H2,1H3. The van der Waals surface area contributed by atoms with Crippen molar-refractivity contribution in [2.24, 2.45) is 0 Å². The van der Waals surface area contributed by atoms with E-state index in [4.69, 9.17) is 9.47 Å². The number of nitrogens with one attached hydrogen (secondary N) is 1. The van der Waals surface area contributed by atoms with Crippen LogP contribution in [-0.4, -0.2) is 39.0 Å². The van der Waals surface area contributed by atoms with Gasteiger partial charge >= 0.3 is 0 Å². The second-order valence-corrected chi connectivity index (χ2v) is 3.83. The maximum atomic E-state index is 5.52. The summed E-state index contributed by atoms with van der Waals surface area (Å²) in [5.74, 6) is 0. The molecule has 1 fully saturated rings. The first-order valence-electron chi connectivity index (χ1n) is 5.83. The Labute approximate surface area is 87.2 Å². The van der Waals surface area contributed by atoms with Crippen molar-refractivity contribution in [2.45, 2.75) is 38.7 Å². The van der Waals surface area contributed by atoms with E-state index in [1.54, 1.807) is 0 Å². The van der Waals surface area contributed by atoms with Crippen molar-refractivity contribution in [3.63, 3.8) is 0 Å². The van der Waals surface area contributed by atoms with Crippen LogP contribution in [0.1, 0.15) is 32.6 Å². The number of ether oxygens (including phenoxy) is 2. The van der Waals surface area contributed by atoms with Crippen LogP contribution in [0, 0.1) is 0 Å². The summed E-state index contributed by atoms with van der Waals surface area (Å²) < 4.78 is 10.8. The van der Waals surface area contributed by atoms with Gasteiger partial charge in [-0.25, -0.2) is 0 Å². The molecule has 0 saturated carbocycles. The second kappa shape index (κ2) is 8.21. The van der Waals surface area contributed by atoms with Crippen LogP contribution in [0.3, 0.4) is 0 Å². The van der Waals surface area contributed by atoms with E-state index in [2.05, 4.69) is 12.2 Å². The van der Waals surface area contributed by atoms with Crippen LogP contribution >= 0.6 is 0 Å². The highest BCUT2D eigenvalue weighted by molar-refractivity contribution is 4.63. The molecule has 0 aromatic heterocycles. The van der Waals surface area contributed by atoms with E-state index in [0.717, 1.165) is 32.9 Å². The van der Waals surface area contributed by atoms with Gasteiger partial charge in [-0.1, -0.05) is 26.2 Å². The lowest BCUT2D eigenvalue weighted by molar-refractivity contribution is -0.0863. The first-order valence-corrected chi connectivity index (χ1v) is 5.83. The molecular formula is C11H23NO2. The largest absolute Gasteiger partial charge is 0.376 e. The fourth-order valence-electron chi connectivity index (χ4n) is 1.59. The second-order valence-electron chi connectivity index (χ2n) is 3.83. The lowest BCUT2D eigenvalue weighted by atomic mass is 10.2. The van der Waals surface area contributed by atoms with Gasteiger partial charge in [-0.3, -0.25) is 0 Å². The Morgan fingerprint density at radius 1 is 1.21 bits per heavy atom. The zero-order valence-corrected chi connectivity index (χ0v) is 9.26. The minimum Gasteiger partial charge on any atom is -0.376 e. The van der Waals surface area contributed by atoms with Gasteiger partial charge in [-0.2, -0.15) is 0 Å². The van der Waals surface area contributed by atoms with Crippen molar-refractivity contribution < 1.29 is 9.47 Å². The van der Waals surface area contributed by atoms with Crippen molar-refractivity contribution in [2.75, 3.05) is 32.9 Å². The summed E-state index contributed by atoms with van der Waals surface area (Å²) >= 11 is 0. The maximum Gasteiger partial charge on any atom is 0.0933 e. The van der Waals surface area contributed by atoms with Gasteiger partial charge in [0, 0.05) is 6.54 Å². The first kappa shape index (κ1) is 12.0. The number of hydrogen-bond acceptors (Lipinski definition) is 3. The summed E-state index contributed by atoms with van der Waals surface area (Å²) in [5.41, 5.74) is 0. The lowest BCUT2D eigenvalue weighted by Crippen LogP contribution is -2.37. The molecule has 0 amide bonds. The maximum absolute atomic E-state index is 5.52. The Kier molecular flexibility index (Phi) is 7.01. The molecule has 1 aliphatic rings. The fraction of sp³-hybridized carbons (Fsp3) is 1.00. The van der Waals surface area contributed by atoms with E-state index in [9.17, 15) is 0 Å². The van der Waals surface area contributed by atoms with Crippen LogP contribution in [0.4, 0.5) is 0 Å². The van der Waals surface area contributed by atoms with Crippen molar-refractivity contribution in [1.29, 1.82) is 0 Å². The smallest absolute Gasteiger partial charge is 0.0933 e. The van der Waals surface area contributed by atoms with Crippen LogP contribution in [0.25, 0.3) is 0 Å². The number of rotatable bonds is 7. The molecule has 1 aliphatic heterocycles. The zero-order valence-electron chi connectivity index (χ0n) is 9.26. The third kappa shape index (κ3) is 5.58. The van der Waals surface area contributed by atoms with E-state index >= 15 is 0 Å². The van der Waals surface area contributed by atoms with E-state index < -0.39 is 0 Å². The predicted octanol–water partition coefficient (Wildman–Crippen LogP) is 1.57. The van der Waals surface area contributed by atoms with Crippen LogP contribution in [0.15, 0.2) is 0 Å². The number of hydrogen-bond donors (Lipinski definition) is 1. The molecule has 1 atom stereocenters. The van der Waals surface area contributed by atoms with Crippen LogP contribution in [0.5, 0.6) is 0 Å². The normalized spacial score (nSPS) is 22.5. The molecule has 1 N–H and O–H groups in total. The molecule has 0 spiro atoms. The van der Waals surface area contributed by atoms with Gasteiger partial charge in [0.1, 0.15) is 0 Å². The van der Waals surface area contributed by atoms with Crippen LogP contribution in [-0.2, 0) is 9.47 Å². The lowest BCUT2D eigenvalue weighted by Gasteiger charge is -2.23. The molecule has 1 heterocycles. The Hall–Kier alpha value is -0.120. The highest BCUT2D eigenvalue weighted by Gasteiger charge is 2.12. The Balaban J connectivity index is 1.82. The number of unbranched alkanes of at least 4 members (excludes halogenated alkanes) is 3. The summed E-state index contributed by atoms with van der Waals surface area (Å²) in [5, 5.41) is 3.41. The van der Waals surface area contributed by atoms with Gasteiger partial charge in [-0.05, 0) is 13.0 Å².